The summed E-state index contributed by atoms with van der Waals surface area (Å²) in [6.07, 6.45) is 1.25. The Hall–Kier alpha value is -0.860. The van der Waals surface area contributed by atoms with E-state index >= 15 is 0 Å². The van der Waals surface area contributed by atoms with Crippen LogP contribution in [0.25, 0.3) is 0 Å². The average molecular weight is 218 g/mol. The number of nitrogens with two attached hydrogens (primary N) is 1. The van der Waals surface area contributed by atoms with Gasteiger partial charge >= 0.3 is 0 Å². The summed E-state index contributed by atoms with van der Waals surface area (Å²) in [4.78, 5) is 2.55. The molecule has 0 saturated carbocycles. The summed E-state index contributed by atoms with van der Waals surface area (Å²) in [5.74, 6) is 0.694. The minimum Gasteiger partial charge on any atom is -0.330 e. The second-order valence-electron chi connectivity index (χ2n) is 5.10. The predicted molar refractivity (Wildman–Crippen MR) is 68.2 cm³/mol. The Morgan fingerprint density at radius 2 is 2.25 bits per heavy atom. The van der Waals surface area contributed by atoms with Crippen molar-refractivity contribution in [2.75, 3.05) is 13.1 Å². The van der Waals surface area contributed by atoms with Crippen LogP contribution < -0.4 is 5.73 Å². The SMILES string of the molecule is Cc1cccc(CN2CC(CN)CC2C)c1. The second kappa shape index (κ2) is 4.98. The Kier molecular flexibility index (Phi) is 3.62. The van der Waals surface area contributed by atoms with Crippen LogP contribution in [0.5, 0.6) is 0 Å². The molecule has 1 fully saturated rings. The Labute approximate surface area is 98.4 Å². The fraction of sp³-hybridized carbons (Fsp3) is 0.571. The lowest BCUT2D eigenvalue weighted by Crippen LogP contribution is -2.27. The Morgan fingerprint density at radius 1 is 1.44 bits per heavy atom. The molecule has 2 nitrogen and oxygen atoms in total. The number of likely N-dealkylation sites (tertiary alicyclic amines) is 1. The van der Waals surface area contributed by atoms with Crippen molar-refractivity contribution in [1.82, 2.24) is 4.90 Å². The molecule has 0 amide bonds. The highest BCUT2D eigenvalue weighted by atomic mass is 15.2. The molecule has 2 heteroatoms. The lowest BCUT2D eigenvalue weighted by molar-refractivity contribution is 0.256. The molecule has 0 aromatic heterocycles. The molecule has 2 N–H and O–H groups in total. The molecule has 2 atom stereocenters. The molecular formula is C14H22N2. The van der Waals surface area contributed by atoms with Crippen LogP contribution in [-0.4, -0.2) is 24.0 Å². The van der Waals surface area contributed by atoms with Crippen LogP contribution >= 0.6 is 0 Å². The zero-order valence-corrected chi connectivity index (χ0v) is 10.3. The second-order valence-corrected chi connectivity index (χ2v) is 5.10. The van der Waals surface area contributed by atoms with Crippen molar-refractivity contribution in [3.8, 4) is 0 Å². The molecule has 1 aliphatic heterocycles. The van der Waals surface area contributed by atoms with E-state index in [9.17, 15) is 0 Å². The van der Waals surface area contributed by atoms with Crippen molar-refractivity contribution in [2.45, 2.75) is 32.9 Å². The maximum absolute atomic E-state index is 5.75. The summed E-state index contributed by atoms with van der Waals surface area (Å²) in [5, 5.41) is 0. The molecule has 88 valence electrons. The summed E-state index contributed by atoms with van der Waals surface area (Å²) in [6.45, 7) is 7.52. The molecule has 1 aromatic carbocycles. The first-order valence-corrected chi connectivity index (χ1v) is 6.18. The van der Waals surface area contributed by atoms with Crippen molar-refractivity contribution in [3.63, 3.8) is 0 Å². The van der Waals surface area contributed by atoms with E-state index in [2.05, 4.69) is 43.0 Å². The molecular weight excluding hydrogens is 196 g/mol. The lowest BCUT2D eigenvalue weighted by atomic mass is 10.1. The third-order valence-corrected chi connectivity index (χ3v) is 3.59. The van der Waals surface area contributed by atoms with E-state index in [1.165, 1.54) is 17.5 Å². The first-order chi connectivity index (χ1) is 7.69. The largest absolute Gasteiger partial charge is 0.330 e. The quantitative estimate of drug-likeness (QED) is 0.842. The van der Waals surface area contributed by atoms with Crippen LogP contribution in [0.2, 0.25) is 0 Å². The van der Waals surface area contributed by atoms with Crippen LogP contribution in [0.15, 0.2) is 24.3 Å². The minimum atomic E-state index is 0.675. The average Bonchev–Trinajstić information content (AvgIpc) is 2.60. The summed E-state index contributed by atoms with van der Waals surface area (Å²) in [7, 11) is 0. The number of aryl methyl sites for hydroxylation is 1. The number of benzene rings is 1. The summed E-state index contributed by atoms with van der Waals surface area (Å²) in [5.41, 5.74) is 8.52. The van der Waals surface area contributed by atoms with Gasteiger partial charge < -0.3 is 5.73 Å². The molecule has 2 unspecified atom stereocenters. The van der Waals surface area contributed by atoms with Gasteiger partial charge in [0.15, 0.2) is 0 Å². The van der Waals surface area contributed by atoms with E-state index in [1.807, 2.05) is 0 Å². The van der Waals surface area contributed by atoms with Crippen molar-refractivity contribution >= 4 is 0 Å². The zero-order valence-electron chi connectivity index (χ0n) is 10.3. The molecule has 1 aromatic rings. The fourth-order valence-corrected chi connectivity index (χ4v) is 2.65. The van der Waals surface area contributed by atoms with Crippen LogP contribution in [0, 0.1) is 12.8 Å². The molecule has 16 heavy (non-hydrogen) atoms. The van der Waals surface area contributed by atoms with Gasteiger partial charge in [0.1, 0.15) is 0 Å². The normalized spacial score (nSPS) is 26.2. The molecule has 0 aliphatic carbocycles. The summed E-state index contributed by atoms with van der Waals surface area (Å²) < 4.78 is 0. The minimum absolute atomic E-state index is 0.675. The molecule has 1 saturated heterocycles. The Balaban J connectivity index is 2.00. The van der Waals surface area contributed by atoms with E-state index in [-0.39, 0.29) is 0 Å². The first-order valence-electron chi connectivity index (χ1n) is 6.18. The molecule has 0 spiro atoms. The molecule has 1 heterocycles. The molecule has 2 rings (SSSR count). The van der Waals surface area contributed by atoms with E-state index in [4.69, 9.17) is 5.73 Å². The summed E-state index contributed by atoms with van der Waals surface area (Å²) >= 11 is 0. The van der Waals surface area contributed by atoms with Gasteiger partial charge in [-0.15, -0.1) is 0 Å². The Morgan fingerprint density at radius 3 is 2.88 bits per heavy atom. The van der Waals surface area contributed by atoms with E-state index in [1.54, 1.807) is 0 Å². The molecule has 1 aliphatic rings. The number of hydrogen-bond donors (Lipinski definition) is 1. The predicted octanol–water partition coefficient (Wildman–Crippen LogP) is 2.16. The van der Waals surface area contributed by atoms with Gasteiger partial charge in [0.2, 0.25) is 0 Å². The zero-order chi connectivity index (χ0) is 11.5. The third-order valence-electron chi connectivity index (χ3n) is 3.59. The molecule has 0 bridgehead atoms. The lowest BCUT2D eigenvalue weighted by Gasteiger charge is -2.21. The molecule has 0 radical (unpaired) electrons. The van der Waals surface area contributed by atoms with Crippen molar-refractivity contribution in [2.24, 2.45) is 11.7 Å². The highest BCUT2D eigenvalue weighted by Gasteiger charge is 2.27. The highest BCUT2D eigenvalue weighted by molar-refractivity contribution is 5.22. The standard InChI is InChI=1S/C14H22N2/c1-11-4-3-5-13(6-11)9-16-10-14(8-15)7-12(16)2/h3-6,12,14H,7-10,15H2,1-2H3. The van der Waals surface area contributed by atoms with Gasteiger partial charge in [0, 0.05) is 19.1 Å². The van der Waals surface area contributed by atoms with E-state index < -0.39 is 0 Å². The van der Waals surface area contributed by atoms with Crippen LogP contribution in [0.3, 0.4) is 0 Å². The van der Waals surface area contributed by atoms with Gasteiger partial charge in [-0.2, -0.15) is 0 Å². The van der Waals surface area contributed by atoms with Gasteiger partial charge in [0.05, 0.1) is 0 Å². The van der Waals surface area contributed by atoms with E-state index in [0.717, 1.165) is 19.6 Å². The summed E-state index contributed by atoms with van der Waals surface area (Å²) in [6, 6.07) is 9.47. The van der Waals surface area contributed by atoms with Gasteiger partial charge in [-0.05, 0) is 38.3 Å². The topological polar surface area (TPSA) is 29.3 Å². The number of rotatable bonds is 3. The number of nitrogens with zero attached hydrogens (tertiary/aromatic N) is 1. The van der Waals surface area contributed by atoms with E-state index in [0.29, 0.717) is 12.0 Å². The third kappa shape index (κ3) is 2.63. The van der Waals surface area contributed by atoms with Gasteiger partial charge in [-0.25, -0.2) is 0 Å². The van der Waals surface area contributed by atoms with Crippen molar-refractivity contribution < 1.29 is 0 Å². The van der Waals surface area contributed by atoms with Gasteiger partial charge in [0.25, 0.3) is 0 Å². The van der Waals surface area contributed by atoms with Gasteiger partial charge in [-0.3, -0.25) is 4.90 Å². The van der Waals surface area contributed by atoms with Crippen LogP contribution in [0.4, 0.5) is 0 Å². The monoisotopic (exact) mass is 218 g/mol. The highest BCUT2D eigenvalue weighted by Crippen LogP contribution is 2.24. The maximum atomic E-state index is 5.75. The van der Waals surface area contributed by atoms with Crippen LogP contribution in [0.1, 0.15) is 24.5 Å². The van der Waals surface area contributed by atoms with Crippen molar-refractivity contribution in [3.05, 3.63) is 35.4 Å². The van der Waals surface area contributed by atoms with Crippen LogP contribution in [-0.2, 0) is 6.54 Å². The van der Waals surface area contributed by atoms with Crippen molar-refractivity contribution in [1.29, 1.82) is 0 Å². The maximum Gasteiger partial charge on any atom is 0.0236 e. The smallest absolute Gasteiger partial charge is 0.0236 e. The number of hydrogen-bond acceptors (Lipinski definition) is 2. The fourth-order valence-electron chi connectivity index (χ4n) is 2.65. The first kappa shape index (κ1) is 11.6. The Bertz CT molecular complexity index is 348. The van der Waals surface area contributed by atoms with Gasteiger partial charge in [-0.1, -0.05) is 29.8 Å².